The molecule has 17 heavy (non-hydrogen) atoms. The predicted octanol–water partition coefficient (Wildman–Crippen LogP) is 4.14. The Kier molecular flexibility index (Phi) is 13.9. The normalized spacial score (nSPS) is 11.3. The summed E-state index contributed by atoms with van der Waals surface area (Å²) in [7, 11) is 1.78. The van der Waals surface area contributed by atoms with Crippen molar-refractivity contribution >= 4 is 0 Å². The number of nitrogens with one attached hydrogen (secondary N) is 1. The molecular weight excluding hydrogens is 210 g/mol. The van der Waals surface area contributed by atoms with Crippen LogP contribution in [0.3, 0.4) is 0 Å². The fourth-order valence-electron chi connectivity index (χ4n) is 2.15. The summed E-state index contributed by atoms with van der Waals surface area (Å²) in [6.45, 7) is 6.54. The number of hydrogen-bond acceptors (Lipinski definition) is 2. The zero-order valence-corrected chi connectivity index (χ0v) is 12.3. The van der Waals surface area contributed by atoms with Crippen molar-refractivity contribution in [3.63, 3.8) is 0 Å². The van der Waals surface area contributed by atoms with Gasteiger partial charge in [0.15, 0.2) is 0 Å². The lowest BCUT2D eigenvalue weighted by Gasteiger charge is -2.18. The molecule has 0 aliphatic rings. The minimum Gasteiger partial charge on any atom is -0.385 e. The summed E-state index contributed by atoms with van der Waals surface area (Å²) in [6.07, 6.45) is 12.0. The lowest BCUT2D eigenvalue weighted by Crippen LogP contribution is -2.30. The van der Waals surface area contributed by atoms with Crippen LogP contribution in [-0.2, 0) is 4.74 Å². The molecule has 0 aromatic rings. The van der Waals surface area contributed by atoms with Gasteiger partial charge in [0.1, 0.15) is 0 Å². The molecule has 0 fully saturated rings. The van der Waals surface area contributed by atoms with Crippen LogP contribution in [0.4, 0.5) is 0 Å². The average Bonchev–Trinajstić information content (AvgIpc) is 2.34. The Labute approximate surface area is 109 Å². The SMILES string of the molecule is CCCCCC(CCCCC)NCCCOC. The van der Waals surface area contributed by atoms with Crippen molar-refractivity contribution in [2.75, 3.05) is 20.3 Å². The zero-order valence-electron chi connectivity index (χ0n) is 12.3. The van der Waals surface area contributed by atoms with Crippen LogP contribution < -0.4 is 5.32 Å². The van der Waals surface area contributed by atoms with E-state index in [2.05, 4.69) is 19.2 Å². The standard InChI is InChI=1S/C15H33NO/c1-4-6-8-11-15(12-9-7-5-2)16-13-10-14-17-3/h15-16H,4-14H2,1-3H3. The monoisotopic (exact) mass is 243 g/mol. The number of unbranched alkanes of at least 4 members (excludes halogenated alkanes) is 4. The highest BCUT2D eigenvalue weighted by Crippen LogP contribution is 2.11. The maximum absolute atomic E-state index is 5.08. The van der Waals surface area contributed by atoms with E-state index in [0.29, 0.717) is 0 Å². The second-order valence-electron chi connectivity index (χ2n) is 4.99. The smallest absolute Gasteiger partial charge is 0.0474 e. The summed E-state index contributed by atoms with van der Waals surface area (Å²) >= 11 is 0. The van der Waals surface area contributed by atoms with E-state index in [1.807, 2.05) is 0 Å². The Balaban J connectivity index is 3.60. The Morgan fingerprint density at radius 1 is 0.882 bits per heavy atom. The van der Waals surface area contributed by atoms with Gasteiger partial charge in [-0.25, -0.2) is 0 Å². The van der Waals surface area contributed by atoms with Crippen molar-refractivity contribution in [3.8, 4) is 0 Å². The van der Waals surface area contributed by atoms with Crippen molar-refractivity contribution < 1.29 is 4.74 Å². The highest BCUT2D eigenvalue weighted by Gasteiger charge is 2.06. The number of methoxy groups -OCH3 is 1. The predicted molar refractivity (Wildman–Crippen MR) is 76.6 cm³/mol. The second kappa shape index (κ2) is 14.0. The van der Waals surface area contributed by atoms with E-state index in [4.69, 9.17) is 4.74 Å². The maximum atomic E-state index is 5.08. The second-order valence-corrected chi connectivity index (χ2v) is 4.99. The van der Waals surface area contributed by atoms with Crippen molar-refractivity contribution in [1.29, 1.82) is 0 Å². The third-order valence-corrected chi connectivity index (χ3v) is 3.27. The first kappa shape index (κ1) is 16.9. The first-order chi connectivity index (χ1) is 8.35. The summed E-state index contributed by atoms with van der Waals surface area (Å²) in [4.78, 5) is 0. The third-order valence-electron chi connectivity index (χ3n) is 3.27. The summed E-state index contributed by atoms with van der Waals surface area (Å²) in [5.74, 6) is 0. The zero-order chi connectivity index (χ0) is 12.8. The fourth-order valence-corrected chi connectivity index (χ4v) is 2.15. The third kappa shape index (κ3) is 12.2. The van der Waals surface area contributed by atoms with Gasteiger partial charge in [0, 0.05) is 19.8 Å². The van der Waals surface area contributed by atoms with Gasteiger partial charge in [0.05, 0.1) is 0 Å². The first-order valence-corrected chi connectivity index (χ1v) is 7.57. The summed E-state index contributed by atoms with van der Waals surface area (Å²) < 4.78 is 5.08. The summed E-state index contributed by atoms with van der Waals surface area (Å²) in [5.41, 5.74) is 0. The van der Waals surface area contributed by atoms with E-state index < -0.39 is 0 Å². The molecule has 0 aliphatic heterocycles. The minimum atomic E-state index is 0.741. The van der Waals surface area contributed by atoms with Crippen LogP contribution in [0.15, 0.2) is 0 Å². The van der Waals surface area contributed by atoms with Crippen molar-refractivity contribution in [3.05, 3.63) is 0 Å². The van der Waals surface area contributed by atoms with Gasteiger partial charge in [-0.2, -0.15) is 0 Å². The van der Waals surface area contributed by atoms with Crippen LogP contribution in [0.25, 0.3) is 0 Å². The van der Waals surface area contributed by atoms with Gasteiger partial charge in [0.2, 0.25) is 0 Å². The van der Waals surface area contributed by atoms with E-state index in [-0.39, 0.29) is 0 Å². The molecule has 0 heterocycles. The van der Waals surface area contributed by atoms with Crippen molar-refractivity contribution in [2.24, 2.45) is 0 Å². The Morgan fingerprint density at radius 2 is 1.47 bits per heavy atom. The molecule has 0 rings (SSSR count). The molecule has 0 radical (unpaired) electrons. The minimum absolute atomic E-state index is 0.741. The fraction of sp³-hybridized carbons (Fsp3) is 1.00. The molecule has 0 aliphatic carbocycles. The highest BCUT2D eigenvalue weighted by atomic mass is 16.5. The van der Waals surface area contributed by atoms with Gasteiger partial charge in [-0.1, -0.05) is 52.4 Å². The number of rotatable bonds is 13. The number of ether oxygens (including phenoxy) is 1. The van der Waals surface area contributed by atoms with E-state index >= 15 is 0 Å². The van der Waals surface area contributed by atoms with E-state index in [1.54, 1.807) is 7.11 Å². The van der Waals surface area contributed by atoms with E-state index in [1.165, 1.54) is 51.4 Å². The van der Waals surface area contributed by atoms with Gasteiger partial charge >= 0.3 is 0 Å². The Morgan fingerprint density at radius 3 is 1.94 bits per heavy atom. The van der Waals surface area contributed by atoms with E-state index in [9.17, 15) is 0 Å². The van der Waals surface area contributed by atoms with Gasteiger partial charge < -0.3 is 10.1 Å². The van der Waals surface area contributed by atoms with Crippen LogP contribution in [0, 0.1) is 0 Å². The van der Waals surface area contributed by atoms with Gasteiger partial charge in [-0.05, 0) is 25.8 Å². The molecule has 0 unspecified atom stereocenters. The molecular formula is C15H33NO. The Hall–Kier alpha value is -0.0800. The molecule has 0 aromatic carbocycles. The summed E-state index contributed by atoms with van der Waals surface area (Å²) in [5, 5.41) is 3.69. The Bertz CT molecular complexity index is 129. The molecule has 1 N–H and O–H groups in total. The summed E-state index contributed by atoms with van der Waals surface area (Å²) in [6, 6.07) is 0.741. The largest absolute Gasteiger partial charge is 0.385 e. The van der Waals surface area contributed by atoms with Gasteiger partial charge in [-0.3, -0.25) is 0 Å². The highest BCUT2D eigenvalue weighted by molar-refractivity contribution is 4.67. The topological polar surface area (TPSA) is 21.3 Å². The molecule has 0 saturated carbocycles. The average molecular weight is 243 g/mol. The van der Waals surface area contributed by atoms with Crippen LogP contribution in [0.2, 0.25) is 0 Å². The van der Waals surface area contributed by atoms with Crippen LogP contribution in [0.5, 0.6) is 0 Å². The van der Waals surface area contributed by atoms with Crippen LogP contribution in [0.1, 0.15) is 71.6 Å². The van der Waals surface area contributed by atoms with Crippen molar-refractivity contribution in [1.82, 2.24) is 5.32 Å². The molecule has 0 bridgehead atoms. The number of hydrogen-bond donors (Lipinski definition) is 1. The van der Waals surface area contributed by atoms with Crippen LogP contribution >= 0.6 is 0 Å². The molecule has 0 aromatic heterocycles. The molecule has 0 spiro atoms. The lowest BCUT2D eigenvalue weighted by molar-refractivity contribution is 0.192. The van der Waals surface area contributed by atoms with E-state index in [0.717, 1.165) is 25.6 Å². The molecule has 2 heteroatoms. The molecule has 0 amide bonds. The first-order valence-electron chi connectivity index (χ1n) is 7.57. The molecule has 0 atom stereocenters. The van der Waals surface area contributed by atoms with Gasteiger partial charge in [0.25, 0.3) is 0 Å². The molecule has 104 valence electrons. The quantitative estimate of drug-likeness (QED) is 0.491. The lowest BCUT2D eigenvalue weighted by atomic mass is 10.0. The van der Waals surface area contributed by atoms with Crippen molar-refractivity contribution in [2.45, 2.75) is 77.7 Å². The molecule has 2 nitrogen and oxygen atoms in total. The van der Waals surface area contributed by atoms with Crippen LogP contribution in [-0.4, -0.2) is 26.3 Å². The maximum Gasteiger partial charge on any atom is 0.0474 e. The molecule has 0 saturated heterocycles. The van der Waals surface area contributed by atoms with Gasteiger partial charge in [-0.15, -0.1) is 0 Å².